The third kappa shape index (κ3) is 4.16. The van der Waals surface area contributed by atoms with Crippen LogP contribution in [0.3, 0.4) is 0 Å². The molecule has 1 heterocycles. The summed E-state index contributed by atoms with van der Waals surface area (Å²) in [5, 5.41) is 9.66. The van der Waals surface area contributed by atoms with E-state index in [1.807, 2.05) is 0 Å². The SMILES string of the molecule is CCCc1cc(NC(=O)/C=C/c2c(F)cccc2Cl)n[nH]1. The Balaban J connectivity index is 2.02. The minimum atomic E-state index is -0.475. The maximum Gasteiger partial charge on any atom is 0.249 e. The van der Waals surface area contributed by atoms with Gasteiger partial charge in [0.25, 0.3) is 0 Å². The van der Waals surface area contributed by atoms with Crippen molar-refractivity contribution < 1.29 is 9.18 Å². The smallest absolute Gasteiger partial charge is 0.249 e. The van der Waals surface area contributed by atoms with Gasteiger partial charge < -0.3 is 5.32 Å². The number of aromatic amines is 1. The predicted octanol–water partition coefficient (Wildman–Crippen LogP) is 3.81. The zero-order valence-electron chi connectivity index (χ0n) is 11.5. The van der Waals surface area contributed by atoms with Gasteiger partial charge in [0.15, 0.2) is 5.82 Å². The summed E-state index contributed by atoms with van der Waals surface area (Å²) in [5.41, 5.74) is 1.14. The molecule has 0 unspecified atom stereocenters. The Kier molecular flexibility index (Phi) is 5.11. The summed E-state index contributed by atoms with van der Waals surface area (Å²) in [7, 11) is 0. The molecular weight excluding hydrogens is 293 g/mol. The van der Waals surface area contributed by atoms with E-state index >= 15 is 0 Å². The molecule has 0 radical (unpaired) electrons. The number of halogens is 2. The van der Waals surface area contributed by atoms with Gasteiger partial charge in [-0.2, -0.15) is 5.10 Å². The van der Waals surface area contributed by atoms with Gasteiger partial charge >= 0.3 is 0 Å². The molecule has 1 amide bonds. The van der Waals surface area contributed by atoms with Crippen molar-refractivity contribution in [3.05, 3.63) is 52.4 Å². The lowest BCUT2D eigenvalue weighted by molar-refractivity contribution is -0.111. The first-order valence-electron chi connectivity index (χ1n) is 6.57. The fourth-order valence-corrected chi connectivity index (χ4v) is 2.05. The Bertz CT molecular complexity index is 646. The zero-order chi connectivity index (χ0) is 15.2. The van der Waals surface area contributed by atoms with E-state index in [2.05, 4.69) is 22.4 Å². The molecule has 2 N–H and O–H groups in total. The van der Waals surface area contributed by atoms with E-state index in [0.29, 0.717) is 5.82 Å². The highest BCUT2D eigenvalue weighted by molar-refractivity contribution is 6.32. The summed E-state index contributed by atoms with van der Waals surface area (Å²) in [5.74, 6) is -0.437. The number of nitrogens with zero attached hydrogens (tertiary/aromatic N) is 1. The lowest BCUT2D eigenvalue weighted by Crippen LogP contribution is -2.08. The fourth-order valence-electron chi connectivity index (χ4n) is 1.82. The molecule has 4 nitrogen and oxygen atoms in total. The van der Waals surface area contributed by atoms with Gasteiger partial charge in [0.05, 0.1) is 5.02 Å². The van der Waals surface area contributed by atoms with Gasteiger partial charge in [0.1, 0.15) is 5.82 Å². The van der Waals surface area contributed by atoms with E-state index in [1.54, 1.807) is 12.1 Å². The number of hydrogen-bond acceptors (Lipinski definition) is 2. The summed E-state index contributed by atoms with van der Waals surface area (Å²) < 4.78 is 13.5. The van der Waals surface area contributed by atoms with Crippen LogP contribution in [0.4, 0.5) is 10.2 Å². The van der Waals surface area contributed by atoms with Crippen molar-refractivity contribution in [1.29, 1.82) is 0 Å². The van der Waals surface area contributed by atoms with E-state index in [0.717, 1.165) is 18.5 Å². The minimum absolute atomic E-state index is 0.183. The number of amides is 1. The molecule has 0 aliphatic heterocycles. The van der Waals surface area contributed by atoms with Gasteiger partial charge in [-0.1, -0.05) is 31.0 Å². The van der Waals surface area contributed by atoms with E-state index < -0.39 is 11.7 Å². The van der Waals surface area contributed by atoms with Crippen LogP contribution in [0.2, 0.25) is 5.02 Å². The van der Waals surface area contributed by atoms with E-state index in [9.17, 15) is 9.18 Å². The van der Waals surface area contributed by atoms with Crippen LogP contribution in [0.5, 0.6) is 0 Å². The lowest BCUT2D eigenvalue weighted by Gasteiger charge is -2.00. The first-order chi connectivity index (χ1) is 10.1. The number of carbonyl (C=O) groups is 1. The van der Waals surface area contributed by atoms with Gasteiger partial charge in [-0.3, -0.25) is 9.89 Å². The van der Waals surface area contributed by atoms with Crippen LogP contribution in [-0.2, 0) is 11.2 Å². The molecule has 0 atom stereocenters. The first kappa shape index (κ1) is 15.3. The monoisotopic (exact) mass is 307 g/mol. The molecule has 0 spiro atoms. The fraction of sp³-hybridized carbons (Fsp3) is 0.200. The molecule has 0 saturated carbocycles. The average Bonchev–Trinajstić information content (AvgIpc) is 2.86. The topological polar surface area (TPSA) is 57.8 Å². The Morgan fingerprint density at radius 1 is 1.52 bits per heavy atom. The van der Waals surface area contributed by atoms with Gasteiger partial charge in [0, 0.05) is 23.4 Å². The van der Waals surface area contributed by atoms with Crippen LogP contribution in [-0.4, -0.2) is 16.1 Å². The predicted molar refractivity (Wildman–Crippen MR) is 81.7 cm³/mol. The number of hydrogen-bond donors (Lipinski definition) is 2. The minimum Gasteiger partial charge on any atom is -0.306 e. The molecule has 21 heavy (non-hydrogen) atoms. The molecule has 0 fully saturated rings. The summed E-state index contributed by atoms with van der Waals surface area (Å²) in [4.78, 5) is 11.8. The summed E-state index contributed by atoms with van der Waals surface area (Å²) in [6.45, 7) is 2.06. The molecule has 2 aromatic rings. The summed E-state index contributed by atoms with van der Waals surface area (Å²) >= 11 is 5.87. The Hall–Kier alpha value is -2.14. The Labute approximate surface area is 127 Å². The number of anilines is 1. The molecule has 0 saturated heterocycles. The highest BCUT2D eigenvalue weighted by Gasteiger charge is 2.06. The highest BCUT2D eigenvalue weighted by atomic mass is 35.5. The average molecular weight is 308 g/mol. The molecule has 1 aromatic heterocycles. The zero-order valence-corrected chi connectivity index (χ0v) is 12.2. The highest BCUT2D eigenvalue weighted by Crippen LogP contribution is 2.20. The molecule has 110 valence electrons. The van der Waals surface area contributed by atoms with Crippen molar-refractivity contribution in [3.8, 4) is 0 Å². The maximum absolute atomic E-state index is 13.5. The van der Waals surface area contributed by atoms with Crippen LogP contribution >= 0.6 is 11.6 Å². The second-order valence-corrected chi connectivity index (χ2v) is 4.89. The number of H-pyrrole nitrogens is 1. The van der Waals surface area contributed by atoms with Gasteiger partial charge in [-0.15, -0.1) is 0 Å². The standard InChI is InChI=1S/C15H15ClFN3O/c1-2-4-10-9-14(20-19-10)18-15(21)8-7-11-12(16)5-3-6-13(11)17/h3,5-9H,2,4H2,1H3,(H2,18,19,20,21)/b8-7+. The van der Waals surface area contributed by atoms with E-state index in [-0.39, 0.29) is 10.6 Å². The van der Waals surface area contributed by atoms with Crippen molar-refractivity contribution >= 4 is 29.4 Å². The number of benzene rings is 1. The molecular formula is C15H15ClFN3O. The lowest BCUT2D eigenvalue weighted by atomic mass is 10.2. The van der Waals surface area contributed by atoms with Crippen molar-refractivity contribution in [3.63, 3.8) is 0 Å². The largest absolute Gasteiger partial charge is 0.306 e. The third-order valence-electron chi connectivity index (χ3n) is 2.80. The van der Waals surface area contributed by atoms with E-state index in [1.165, 1.54) is 24.3 Å². The summed E-state index contributed by atoms with van der Waals surface area (Å²) in [6, 6.07) is 6.13. The molecule has 0 bridgehead atoms. The second-order valence-electron chi connectivity index (χ2n) is 4.49. The Morgan fingerprint density at radius 3 is 3.05 bits per heavy atom. The second kappa shape index (κ2) is 7.04. The van der Waals surface area contributed by atoms with Crippen LogP contribution in [0, 0.1) is 5.82 Å². The van der Waals surface area contributed by atoms with E-state index in [4.69, 9.17) is 11.6 Å². The molecule has 0 aliphatic carbocycles. The molecule has 1 aromatic carbocycles. The molecule has 6 heteroatoms. The van der Waals surface area contributed by atoms with Crippen LogP contribution in [0.25, 0.3) is 6.08 Å². The number of carbonyl (C=O) groups excluding carboxylic acids is 1. The first-order valence-corrected chi connectivity index (χ1v) is 6.95. The van der Waals surface area contributed by atoms with Gasteiger partial charge in [-0.05, 0) is 24.6 Å². The number of aryl methyl sites for hydroxylation is 1. The number of aromatic nitrogens is 2. The quantitative estimate of drug-likeness (QED) is 0.825. The molecule has 2 rings (SSSR count). The van der Waals surface area contributed by atoms with Crippen molar-refractivity contribution in [1.82, 2.24) is 10.2 Å². The Morgan fingerprint density at radius 2 is 2.33 bits per heavy atom. The normalized spacial score (nSPS) is 11.0. The van der Waals surface area contributed by atoms with Gasteiger partial charge in [0.2, 0.25) is 5.91 Å². The third-order valence-corrected chi connectivity index (χ3v) is 3.13. The number of rotatable bonds is 5. The molecule has 0 aliphatic rings. The van der Waals surface area contributed by atoms with Crippen molar-refractivity contribution in [2.24, 2.45) is 0 Å². The maximum atomic E-state index is 13.5. The van der Waals surface area contributed by atoms with Gasteiger partial charge in [-0.25, -0.2) is 4.39 Å². The van der Waals surface area contributed by atoms with Crippen LogP contribution < -0.4 is 5.32 Å². The number of nitrogens with one attached hydrogen (secondary N) is 2. The summed E-state index contributed by atoms with van der Waals surface area (Å²) in [6.07, 6.45) is 4.41. The van der Waals surface area contributed by atoms with Crippen molar-refractivity contribution in [2.45, 2.75) is 19.8 Å². The van der Waals surface area contributed by atoms with Crippen molar-refractivity contribution in [2.75, 3.05) is 5.32 Å². The van der Waals surface area contributed by atoms with Crippen LogP contribution in [0.1, 0.15) is 24.6 Å². The van der Waals surface area contributed by atoms with Crippen LogP contribution in [0.15, 0.2) is 30.3 Å².